The summed E-state index contributed by atoms with van der Waals surface area (Å²) in [4.78, 5) is 106. The van der Waals surface area contributed by atoms with Crippen LogP contribution in [0, 0.1) is 0 Å². The lowest BCUT2D eigenvalue weighted by Crippen LogP contribution is -2.70. The smallest absolute Gasteiger partial charge is 0.407 e. The van der Waals surface area contributed by atoms with Gasteiger partial charge in [-0.1, -0.05) is 0 Å². The summed E-state index contributed by atoms with van der Waals surface area (Å²) in [5.74, 6) is -13.6. The molecule has 0 aromatic heterocycles. The number of alkyl carbamates (subject to hydrolysis) is 1. The molecule has 0 saturated carbocycles. The van der Waals surface area contributed by atoms with Crippen molar-refractivity contribution >= 4 is 41.6 Å². The Morgan fingerprint density at radius 3 is 0.648 bits per heavy atom. The number of hydrogen-bond donors (Lipinski definition) is 6. The van der Waals surface area contributed by atoms with E-state index in [9.17, 15) is 9.59 Å². The Hall–Kier alpha value is -4.87. The van der Waals surface area contributed by atoms with Gasteiger partial charge in [-0.3, -0.25) is 24.0 Å². The molecule has 0 radical (unpaired) electrons. The standard InChI is InChI=1S/C66H102N6O33/c1-54(2,3)105-53(79)72-27-65(39(84-20)33-45(103-65)97-59(12,13)91-33)51(77)70-25-63(37(82-18)31-43(101-63)95-57(8,9)89-31)49(75)68-23-61(35(80-16)29-41(99-61)93-55(4,5)87-29)47(73)67-24-62(36(81-17)30-42(100-62)94-56(6,7)88-30)48(74)69-26-64(38(83-19)32-44(102-64)96-58(10,11)90-32)50(76)71-28-66(52(78)86-22)40(85-21)34-46(104-66)98-60(14,15)92-34/h29-46H,23-28H2,1-22H3,(H,67,73)(H,68,75)(H,69,74)(H,70,77)(H,71,76)(H,72,79)/t29-,30-,31-,32-,33-,34-,35-,36-,37-,38-,39-,40-,41+,42+,43+,44+,45+,46+,61+,62+,63+,64+,65+,66+/m1/s1. The van der Waals surface area contributed by atoms with Gasteiger partial charge in [-0.15, -0.1) is 0 Å². The van der Waals surface area contributed by atoms with E-state index >= 15 is 24.0 Å². The molecule has 0 aromatic rings. The second kappa shape index (κ2) is 27.6. The van der Waals surface area contributed by atoms with E-state index < -0.39 is 266 Å². The van der Waals surface area contributed by atoms with Crippen molar-refractivity contribution < 1.29 is 157 Å². The maximum Gasteiger partial charge on any atom is 0.407 e. The molecule has 39 nitrogen and oxygen atoms in total. The van der Waals surface area contributed by atoms with Gasteiger partial charge in [0.15, 0.2) is 100 Å². The number of methoxy groups -OCH3 is 7. The highest BCUT2D eigenvalue weighted by atomic mass is 16.9. The summed E-state index contributed by atoms with van der Waals surface area (Å²) in [6, 6.07) is 0. The predicted molar refractivity (Wildman–Crippen MR) is 342 cm³/mol. The van der Waals surface area contributed by atoms with Crippen molar-refractivity contribution in [2.45, 2.75) is 289 Å². The van der Waals surface area contributed by atoms with Crippen molar-refractivity contribution in [3.63, 3.8) is 0 Å². The van der Waals surface area contributed by atoms with Gasteiger partial charge in [-0.05, 0) is 104 Å². The van der Waals surface area contributed by atoms with Crippen LogP contribution < -0.4 is 31.9 Å². The van der Waals surface area contributed by atoms with E-state index in [2.05, 4.69) is 31.9 Å². The molecule has 594 valence electrons. The van der Waals surface area contributed by atoms with Crippen LogP contribution in [0.1, 0.15) is 104 Å². The summed E-state index contributed by atoms with van der Waals surface area (Å²) in [5.41, 5.74) is -14.7. The van der Waals surface area contributed by atoms with Gasteiger partial charge < -0.3 is 155 Å². The Morgan fingerprint density at radius 1 is 0.276 bits per heavy atom. The molecule has 0 bridgehead atoms. The molecule has 12 saturated heterocycles. The van der Waals surface area contributed by atoms with Gasteiger partial charge in [0.1, 0.15) is 78.8 Å². The lowest BCUT2D eigenvalue weighted by atomic mass is 9.89. The number of esters is 1. The second-order valence-corrected chi connectivity index (χ2v) is 31.6. The first-order valence-corrected chi connectivity index (χ1v) is 34.7. The van der Waals surface area contributed by atoms with Crippen LogP contribution in [0.3, 0.4) is 0 Å². The van der Waals surface area contributed by atoms with Crippen molar-refractivity contribution in [2.75, 3.05) is 89.0 Å². The summed E-state index contributed by atoms with van der Waals surface area (Å²) < 4.78 is 160. The first-order chi connectivity index (χ1) is 48.9. The molecule has 12 aliphatic rings. The van der Waals surface area contributed by atoms with Crippen LogP contribution in [-0.2, 0) is 152 Å². The molecule has 12 rings (SSSR count). The van der Waals surface area contributed by atoms with Crippen molar-refractivity contribution in [2.24, 2.45) is 0 Å². The average Bonchev–Trinajstić information content (AvgIpc) is 1.59. The third-order valence-electron chi connectivity index (χ3n) is 20.5. The number of carbonyl (C=O) groups excluding carboxylic acids is 7. The van der Waals surface area contributed by atoms with E-state index in [1.54, 1.807) is 104 Å². The Balaban J connectivity index is 0.851. The summed E-state index contributed by atoms with van der Waals surface area (Å²) in [6.07, 6.45) is -23.5. The fourth-order valence-electron chi connectivity index (χ4n) is 16.4. The normalized spacial score (nSPS) is 43.5. The number of ether oxygens (including phenoxy) is 26. The molecule has 12 aliphatic heterocycles. The number of rotatable bonds is 24. The minimum absolute atomic E-state index is 0.578. The molecular formula is C66H102N6O33. The molecule has 24 atom stereocenters. The van der Waals surface area contributed by atoms with Gasteiger partial charge >= 0.3 is 12.1 Å². The molecule has 6 N–H and O–H groups in total. The lowest BCUT2D eigenvalue weighted by molar-refractivity contribution is -0.247. The Morgan fingerprint density at radius 2 is 0.457 bits per heavy atom. The monoisotopic (exact) mass is 1510 g/mol. The summed E-state index contributed by atoms with van der Waals surface area (Å²) in [5, 5.41) is 16.6. The number of nitrogens with one attached hydrogen (secondary N) is 6. The van der Waals surface area contributed by atoms with E-state index in [1.807, 2.05) is 0 Å². The molecule has 0 aromatic carbocycles. The van der Waals surface area contributed by atoms with Crippen molar-refractivity contribution in [3.05, 3.63) is 0 Å². The van der Waals surface area contributed by atoms with Gasteiger partial charge in [0, 0.05) is 42.7 Å². The third kappa shape index (κ3) is 13.8. The zero-order valence-electron chi connectivity index (χ0n) is 63.1. The quantitative estimate of drug-likeness (QED) is 0.0560. The van der Waals surface area contributed by atoms with Crippen molar-refractivity contribution in [1.29, 1.82) is 0 Å². The highest BCUT2D eigenvalue weighted by molar-refractivity contribution is 5.94. The highest BCUT2D eigenvalue weighted by Crippen LogP contribution is 2.51. The summed E-state index contributed by atoms with van der Waals surface area (Å²) >= 11 is 0. The van der Waals surface area contributed by atoms with Gasteiger partial charge in [0.05, 0.1) is 46.4 Å². The molecule has 0 unspecified atom stereocenters. The molecule has 39 heteroatoms. The fraction of sp³-hybridized carbons (Fsp3) is 0.894. The van der Waals surface area contributed by atoms with Crippen molar-refractivity contribution in [3.8, 4) is 0 Å². The van der Waals surface area contributed by atoms with E-state index in [0.29, 0.717) is 0 Å². The maximum atomic E-state index is 16.0. The summed E-state index contributed by atoms with van der Waals surface area (Å²) in [6.45, 7) is 20.0. The Labute approximate surface area is 606 Å². The van der Waals surface area contributed by atoms with E-state index in [-0.39, 0.29) is 0 Å². The van der Waals surface area contributed by atoms with Crippen LogP contribution in [-0.4, -0.2) is 316 Å². The van der Waals surface area contributed by atoms with E-state index in [0.717, 1.165) is 7.11 Å². The molecule has 6 amide bonds. The average molecular weight is 1510 g/mol. The summed E-state index contributed by atoms with van der Waals surface area (Å²) in [7, 11) is 8.87. The highest BCUT2D eigenvalue weighted by Gasteiger charge is 2.74. The Kier molecular flexibility index (Phi) is 20.9. The molecule has 12 fully saturated rings. The maximum absolute atomic E-state index is 16.0. The van der Waals surface area contributed by atoms with Crippen LogP contribution >= 0.6 is 0 Å². The van der Waals surface area contributed by atoms with Gasteiger partial charge in [-0.25, -0.2) is 9.59 Å². The van der Waals surface area contributed by atoms with Crippen molar-refractivity contribution in [1.82, 2.24) is 31.9 Å². The van der Waals surface area contributed by atoms with Gasteiger partial charge in [0.25, 0.3) is 29.5 Å². The van der Waals surface area contributed by atoms with Crippen LogP contribution in [0.4, 0.5) is 4.79 Å². The largest absolute Gasteiger partial charge is 0.467 e. The molecule has 105 heavy (non-hydrogen) atoms. The van der Waals surface area contributed by atoms with Gasteiger partial charge in [0.2, 0.25) is 5.60 Å². The topological polar surface area (TPSA) is 432 Å². The van der Waals surface area contributed by atoms with E-state index in [1.165, 1.54) is 42.7 Å². The first kappa shape index (κ1) is 79.7. The number of fused-ring (bicyclic) bond motifs is 6. The van der Waals surface area contributed by atoms with Crippen LogP contribution in [0.25, 0.3) is 0 Å². The molecule has 0 spiro atoms. The predicted octanol–water partition coefficient (Wildman–Crippen LogP) is -2.17. The SMILES string of the molecule is COC(=O)[C@@]1(CNC(=O)[C@@]2(CNC(=O)[C@@]3(CNC(=O)[C@@]4(CNC(=O)[C@@]5(CNC(=O)[C@@]6(CNC(=O)OC(C)(C)C)O[C@@H]7OC(C)(C)O[C@@H]7[C@H]6OC)O[C@@H]6OC(C)(C)O[C@@H]6[C@H]5OC)O[C@@H]5OC(C)(C)O[C@@H]5[C@H]4OC)O[C@@H]4OC(C)(C)O[C@@H]4[C@H]3OC)O[C@@H]3OC(C)(C)O[C@@H]3[C@H]2OC)O[C@@H]2OC(C)(C)O[C@@H]2[C@H]1OC. The number of hydrogen-bond acceptors (Lipinski definition) is 33. The zero-order valence-corrected chi connectivity index (χ0v) is 63.1. The Bertz CT molecular complexity index is 3340. The number of carbonyl (C=O) groups is 7. The third-order valence-corrected chi connectivity index (χ3v) is 20.5. The van der Waals surface area contributed by atoms with Crippen LogP contribution in [0.5, 0.6) is 0 Å². The fourth-order valence-corrected chi connectivity index (χ4v) is 16.4. The molecule has 12 heterocycles. The molecule has 0 aliphatic carbocycles. The minimum Gasteiger partial charge on any atom is -0.467 e. The van der Waals surface area contributed by atoms with E-state index in [4.69, 9.17) is 123 Å². The lowest BCUT2D eigenvalue weighted by Gasteiger charge is -2.40. The van der Waals surface area contributed by atoms with Crippen LogP contribution in [0.15, 0.2) is 0 Å². The minimum atomic E-state index is -2.42. The van der Waals surface area contributed by atoms with Gasteiger partial charge in [-0.2, -0.15) is 0 Å². The molecular weight excluding hydrogens is 1400 g/mol. The van der Waals surface area contributed by atoms with Crippen LogP contribution in [0.2, 0.25) is 0 Å². The first-order valence-electron chi connectivity index (χ1n) is 34.7. The zero-order chi connectivity index (χ0) is 76.8. The second-order valence-electron chi connectivity index (χ2n) is 31.6. The number of amides is 6.